The van der Waals surface area contributed by atoms with Crippen molar-refractivity contribution in [3.63, 3.8) is 0 Å². The molecule has 4 nitrogen and oxygen atoms in total. The van der Waals surface area contributed by atoms with Crippen LogP contribution in [-0.4, -0.2) is 32.7 Å². The molecular formula is C14H22N2O2. The van der Waals surface area contributed by atoms with Crippen LogP contribution in [0.25, 0.3) is 0 Å². The summed E-state index contributed by atoms with van der Waals surface area (Å²) >= 11 is 0. The topological polar surface area (TPSA) is 50.4 Å². The van der Waals surface area contributed by atoms with E-state index < -0.39 is 0 Å². The number of carbonyl (C=O) groups excluding carboxylic acids is 1. The molecule has 0 saturated heterocycles. The van der Waals surface area contributed by atoms with Crippen LogP contribution in [0.3, 0.4) is 0 Å². The lowest BCUT2D eigenvalue weighted by molar-refractivity contribution is 0.0937. The van der Waals surface area contributed by atoms with Crippen molar-refractivity contribution < 1.29 is 9.53 Å². The highest BCUT2D eigenvalue weighted by Gasteiger charge is 2.06. The van der Waals surface area contributed by atoms with Gasteiger partial charge in [0.25, 0.3) is 5.91 Å². The van der Waals surface area contributed by atoms with E-state index in [1.807, 2.05) is 25.1 Å². The minimum Gasteiger partial charge on any atom is -0.385 e. The van der Waals surface area contributed by atoms with Crippen molar-refractivity contribution in [3.8, 4) is 0 Å². The van der Waals surface area contributed by atoms with E-state index in [-0.39, 0.29) is 5.91 Å². The van der Waals surface area contributed by atoms with E-state index in [0.29, 0.717) is 18.7 Å². The summed E-state index contributed by atoms with van der Waals surface area (Å²) in [6.45, 7) is 6.13. The first kappa shape index (κ1) is 14.5. The predicted molar refractivity (Wildman–Crippen MR) is 74.2 cm³/mol. The van der Waals surface area contributed by atoms with E-state index in [1.165, 1.54) is 0 Å². The maximum Gasteiger partial charge on any atom is 0.251 e. The van der Waals surface area contributed by atoms with E-state index in [1.54, 1.807) is 7.11 Å². The summed E-state index contributed by atoms with van der Waals surface area (Å²) < 4.78 is 4.89. The van der Waals surface area contributed by atoms with E-state index in [4.69, 9.17) is 4.74 Å². The summed E-state index contributed by atoms with van der Waals surface area (Å²) in [6.07, 6.45) is 1.08. The van der Waals surface area contributed by atoms with Crippen molar-refractivity contribution >= 4 is 11.6 Å². The number of ether oxygens (including phenoxy) is 1. The van der Waals surface area contributed by atoms with Crippen LogP contribution in [0.5, 0.6) is 0 Å². The molecule has 1 aromatic rings. The standard InChI is InChI=1S/C14H22N2O2/c1-4-7-15-13-6-5-12(10-11(13)2)14(17)16-8-9-18-3/h5-6,10,15H,4,7-9H2,1-3H3,(H,16,17). The lowest BCUT2D eigenvalue weighted by Crippen LogP contribution is -2.27. The molecule has 0 radical (unpaired) electrons. The van der Waals surface area contributed by atoms with Gasteiger partial charge in [0, 0.05) is 31.5 Å². The maximum atomic E-state index is 11.8. The molecule has 0 spiro atoms. The molecule has 0 bridgehead atoms. The molecule has 100 valence electrons. The molecule has 2 N–H and O–H groups in total. The van der Waals surface area contributed by atoms with Gasteiger partial charge in [-0.25, -0.2) is 0 Å². The highest BCUT2D eigenvalue weighted by molar-refractivity contribution is 5.94. The third-order valence-corrected chi connectivity index (χ3v) is 2.65. The SMILES string of the molecule is CCCNc1ccc(C(=O)NCCOC)cc1C. The highest BCUT2D eigenvalue weighted by Crippen LogP contribution is 2.16. The molecule has 0 heterocycles. The number of methoxy groups -OCH3 is 1. The first-order valence-electron chi connectivity index (χ1n) is 6.30. The molecule has 0 fully saturated rings. The summed E-state index contributed by atoms with van der Waals surface area (Å²) in [7, 11) is 1.62. The van der Waals surface area contributed by atoms with E-state index >= 15 is 0 Å². The first-order chi connectivity index (χ1) is 8.69. The average molecular weight is 250 g/mol. The number of carbonyl (C=O) groups is 1. The quantitative estimate of drug-likeness (QED) is 0.729. The Morgan fingerprint density at radius 3 is 2.72 bits per heavy atom. The number of aryl methyl sites for hydroxylation is 1. The van der Waals surface area contributed by atoms with E-state index in [0.717, 1.165) is 24.2 Å². The Morgan fingerprint density at radius 1 is 1.33 bits per heavy atom. The van der Waals surface area contributed by atoms with Crippen LogP contribution in [0.1, 0.15) is 29.3 Å². The average Bonchev–Trinajstić information content (AvgIpc) is 2.37. The Bertz CT molecular complexity index is 391. The van der Waals surface area contributed by atoms with Crippen LogP contribution >= 0.6 is 0 Å². The van der Waals surface area contributed by atoms with Gasteiger partial charge in [0.05, 0.1) is 6.61 Å². The lowest BCUT2D eigenvalue weighted by atomic mass is 10.1. The van der Waals surface area contributed by atoms with Gasteiger partial charge in [-0.2, -0.15) is 0 Å². The second kappa shape index (κ2) is 7.71. The minimum atomic E-state index is -0.0582. The van der Waals surface area contributed by atoms with Crippen LogP contribution in [0, 0.1) is 6.92 Å². The molecule has 0 aliphatic heterocycles. The monoisotopic (exact) mass is 250 g/mol. The normalized spacial score (nSPS) is 10.2. The number of rotatable bonds is 7. The van der Waals surface area contributed by atoms with Gasteiger partial charge in [-0.15, -0.1) is 0 Å². The molecule has 0 aliphatic rings. The Balaban J connectivity index is 2.62. The molecule has 1 aromatic carbocycles. The molecule has 0 unspecified atom stereocenters. The smallest absolute Gasteiger partial charge is 0.251 e. The van der Waals surface area contributed by atoms with Crippen molar-refractivity contribution in [2.45, 2.75) is 20.3 Å². The summed E-state index contributed by atoms with van der Waals surface area (Å²) in [5.41, 5.74) is 2.86. The van der Waals surface area contributed by atoms with Gasteiger partial charge in [-0.3, -0.25) is 4.79 Å². The Labute approximate surface area is 109 Å². The number of nitrogens with one attached hydrogen (secondary N) is 2. The number of amides is 1. The van der Waals surface area contributed by atoms with Crippen LogP contribution < -0.4 is 10.6 Å². The fraction of sp³-hybridized carbons (Fsp3) is 0.500. The summed E-state index contributed by atoms with van der Waals surface area (Å²) in [5.74, 6) is -0.0582. The third-order valence-electron chi connectivity index (χ3n) is 2.65. The van der Waals surface area contributed by atoms with Gasteiger partial charge >= 0.3 is 0 Å². The van der Waals surface area contributed by atoms with Gasteiger partial charge in [-0.1, -0.05) is 6.92 Å². The molecular weight excluding hydrogens is 228 g/mol. The van der Waals surface area contributed by atoms with Gasteiger partial charge in [0.15, 0.2) is 0 Å². The van der Waals surface area contributed by atoms with Gasteiger partial charge in [-0.05, 0) is 37.1 Å². The largest absolute Gasteiger partial charge is 0.385 e. The Morgan fingerprint density at radius 2 is 2.11 bits per heavy atom. The van der Waals surface area contributed by atoms with Crippen LogP contribution in [0.2, 0.25) is 0 Å². The molecule has 0 aliphatic carbocycles. The zero-order valence-electron chi connectivity index (χ0n) is 11.4. The molecule has 1 amide bonds. The van der Waals surface area contributed by atoms with Gasteiger partial charge < -0.3 is 15.4 Å². The zero-order chi connectivity index (χ0) is 13.4. The summed E-state index contributed by atoms with van der Waals surface area (Å²) in [5, 5.41) is 6.13. The lowest BCUT2D eigenvalue weighted by Gasteiger charge is -2.10. The van der Waals surface area contributed by atoms with Crippen molar-refractivity contribution in [3.05, 3.63) is 29.3 Å². The molecule has 18 heavy (non-hydrogen) atoms. The van der Waals surface area contributed by atoms with Crippen molar-refractivity contribution in [1.82, 2.24) is 5.32 Å². The van der Waals surface area contributed by atoms with Crippen molar-refractivity contribution in [1.29, 1.82) is 0 Å². The highest BCUT2D eigenvalue weighted by atomic mass is 16.5. The van der Waals surface area contributed by atoms with Crippen molar-refractivity contribution in [2.24, 2.45) is 0 Å². The number of anilines is 1. The second-order valence-corrected chi connectivity index (χ2v) is 4.21. The van der Waals surface area contributed by atoms with E-state index in [2.05, 4.69) is 17.6 Å². The fourth-order valence-electron chi connectivity index (χ4n) is 1.63. The summed E-state index contributed by atoms with van der Waals surface area (Å²) in [6, 6.07) is 5.70. The Kier molecular flexibility index (Phi) is 6.22. The van der Waals surface area contributed by atoms with Crippen LogP contribution in [-0.2, 0) is 4.74 Å². The van der Waals surface area contributed by atoms with Crippen LogP contribution in [0.4, 0.5) is 5.69 Å². The first-order valence-corrected chi connectivity index (χ1v) is 6.30. The number of benzene rings is 1. The minimum absolute atomic E-state index is 0.0582. The number of hydrogen-bond acceptors (Lipinski definition) is 3. The molecule has 0 atom stereocenters. The van der Waals surface area contributed by atoms with Crippen LogP contribution in [0.15, 0.2) is 18.2 Å². The molecule has 1 rings (SSSR count). The Hall–Kier alpha value is -1.55. The van der Waals surface area contributed by atoms with E-state index in [9.17, 15) is 4.79 Å². The van der Waals surface area contributed by atoms with Gasteiger partial charge in [0.2, 0.25) is 0 Å². The van der Waals surface area contributed by atoms with Gasteiger partial charge in [0.1, 0.15) is 0 Å². The third kappa shape index (κ3) is 4.37. The molecule has 0 saturated carbocycles. The maximum absolute atomic E-state index is 11.8. The summed E-state index contributed by atoms with van der Waals surface area (Å²) in [4.78, 5) is 11.8. The fourth-order valence-corrected chi connectivity index (χ4v) is 1.63. The molecule has 0 aromatic heterocycles. The molecule has 4 heteroatoms. The zero-order valence-corrected chi connectivity index (χ0v) is 11.4. The number of hydrogen-bond donors (Lipinski definition) is 2. The second-order valence-electron chi connectivity index (χ2n) is 4.21. The van der Waals surface area contributed by atoms with Crippen molar-refractivity contribution in [2.75, 3.05) is 32.1 Å². The predicted octanol–water partition coefficient (Wildman–Crippen LogP) is 2.19.